The molecule has 0 aliphatic rings. The van der Waals surface area contributed by atoms with Gasteiger partial charge in [-0.05, 0) is 30.2 Å². The molecule has 9 heteroatoms. The number of rotatable bonds is 6. The average molecular weight is 367 g/mol. The van der Waals surface area contributed by atoms with Crippen LogP contribution in [-0.4, -0.2) is 17.4 Å². The van der Waals surface area contributed by atoms with Crippen LogP contribution in [0.15, 0.2) is 42.5 Å². The monoisotopic (exact) mass is 367 g/mol. The lowest BCUT2D eigenvalue weighted by Gasteiger charge is -2.14. The fourth-order valence-electron chi connectivity index (χ4n) is 2.33. The summed E-state index contributed by atoms with van der Waals surface area (Å²) < 4.78 is 39.3. The first-order valence-electron chi connectivity index (χ1n) is 7.63. The first-order valence-corrected chi connectivity index (χ1v) is 7.63. The molecule has 0 saturated carbocycles. The smallest absolute Gasteiger partial charge is 0.384 e. The van der Waals surface area contributed by atoms with Gasteiger partial charge in [-0.2, -0.15) is 13.2 Å². The van der Waals surface area contributed by atoms with Gasteiger partial charge < -0.3 is 10.6 Å². The number of nitrogens with one attached hydrogen (secondary N) is 2. The number of alkyl halides is 3. The SMILES string of the molecule is CC(=O)Nc1ccc(CCNc2ccc([N+](=O)[O-])cc2C(F)(F)F)cc1. The number of carbonyl (C=O) groups excluding carboxylic acids is 1. The molecule has 2 aromatic carbocycles. The number of non-ortho nitro benzene ring substituents is 1. The molecule has 0 atom stereocenters. The number of amides is 1. The zero-order chi connectivity index (χ0) is 19.3. The molecule has 0 aromatic heterocycles. The highest BCUT2D eigenvalue weighted by Gasteiger charge is 2.35. The van der Waals surface area contributed by atoms with Crippen LogP contribution < -0.4 is 10.6 Å². The first kappa shape index (κ1) is 19.2. The van der Waals surface area contributed by atoms with Gasteiger partial charge in [-0.3, -0.25) is 14.9 Å². The lowest BCUT2D eigenvalue weighted by atomic mass is 10.1. The minimum Gasteiger partial charge on any atom is -0.384 e. The van der Waals surface area contributed by atoms with Crippen molar-refractivity contribution in [3.05, 3.63) is 63.7 Å². The van der Waals surface area contributed by atoms with E-state index in [2.05, 4.69) is 10.6 Å². The molecule has 2 N–H and O–H groups in total. The molecule has 6 nitrogen and oxygen atoms in total. The molecule has 0 fully saturated rings. The van der Waals surface area contributed by atoms with E-state index in [1.54, 1.807) is 24.3 Å². The molecule has 0 heterocycles. The van der Waals surface area contributed by atoms with Gasteiger partial charge >= 0.3 is 6.18 Å². The van der Waals surface area contributed by atoms with Gasteiger partial charge in [0.15, 0.2) is 0 Å². The largest absolute Gasteiger partial charge is 0.418 e. The highest BCUT2D eigenvalue weighted by molar-refractivity contribution is 5.88. The highest BCUT2D eigenvalue weighted by atomic mass is 19.4. The Balaban J connectivity index is 2.05. The molecular weight excluding hydrogens is 351 g/mol. The maximum atomic E-state index is 13.1. The van der Waals surface area contributed by atoms with Crippen LogP contribution in [0.4, 0.5) is 30.2 Å². The van der Waals surface area contributed by atoms with E-state index >= 15 is 0 Å². The number of hydrogen-bond donors (Lipinski definition) is 2. The summed E-state index contributed by atoms with van der Waals surface area (Å²) in [5.41, 5.74) is -0.409. The van der Waals surface area contributed by atoms with Crippen molar-refractivity contribution in [3.8, 4) is 0 Å². The van der Waals surface area contributed by atoms with Crippen LogP contribution in [0.1, 0.15) is 18.1 Å². The Hall–Kier alpha value is -3.10. The van der Waals surface area contributed by atoms with Crippen molar-refractivity contribution in [2.24, 2.45) is 0 Å². The van der Waals surface area contributed by atoms with Gasteiger partial charge in [0.1, 0.15) is 0 Å². The molecule has 0 aliphatic carbocycles. The zero-order valence-electron chi connectivity index (χ0n) is 13.8. The van der Waals surface area contributed by atoms with E-state index in [4.69, 9.17) is 0 Å². The molecule has 2 rings (SSSR count). The quantitative estimate of drug-likeness (QED) is 0.591. The topological polar surface area (TPSA) is 84.3 Å². The minimum atomic E-state index is -4.70. The third-order valence-electron chi connectivity index (χ3n) is 3.52. The van der Waals surface area contributed by atoms with Crippen LogP contribution in [0, 0.1) is 10.1 Å². The van der Waals surface area contributed by atoms with Gasteiger partial charge in [-0.15, -0.1) is 0 Å². The summed E-state index contributed by atoms with van der Waals surface area (Å²) in [7, 11) is 0. The second-order valence-corrected chi connectivity index (χ2v) is 5.54. The van der Waals surface area contributed by atoms with E-state index in [0.717, 1.165) is 17.7 Å². The number of nitro benzene ring substituents is 1. The Labute approximate surface area is 147 Å². The normalized spacial score (nSPS) is 11.1. The summed E-state index contributed by atoms with van der Waals surface area (Å²) in [5.74, 6) is -0.197. The molecule has 0 radical (unpaired) electrons. The zero-order valence-corrected chi connectivity index (χ0v) is 13.8. The van der Waals surface area contributed by atoms with E-state index in [-0.39, 0.29) is 18.1 Å². The van der Waals surface area contributed by atoms with E-state index in [9.17, 15) is 28.1 Å². The third-order valence-corrected chi connectivity index (χ3v) is 3.52. The number of nitro groups is 1. The van der Waals surface area contributed by atoms with Crippen molar-refractivity contribution in [2.75, 3.05) is 17.2 Å². The fraction of sp³-hybridized carbons (Fsp3) is 0.235. The van der Waals surface area contributed by atoms with Gasteiger partial charge in [-0.1, -0.05) is 12.1 Å². The van der Waals surface area contributed by atoms with E-state index < -0.39 is 22.4 Å². The van der Waals surface area contributed by atoms with Crippen LogP contribution in [0.5, 0.6) is 0 Å². The number of carbonyl (C=O) groups is 1. The van der Waals surface area contributed by atoms with Gasteiger partial charge in [0.25, 0.3) is 5.69 Å². The summed E-state index contributed by atoms with van der Waals surface area (Å²) in [6.45, 7) is 1.60. The Morgan fingerprint density at radius 3 is 2.35 bits per heavy atom. The summed E-state index contributed by atoms with van der Waals surface area (Å²) in [6, 6.07) is 9.51. The molecule has 0 unspecified atom stereocenters. The molecule has 138 valence electrons. The van der Waals surface area contributed by atoms with Crippen LogP contribution >= 0.6 is 0 Å². The van der Waals surface area contributed by atoms with Crippen LogP contribution in [0.3, 0.4) is 0 Å². The number of hydrogen-bond acceptors (Lipinski definition) is 4. The van der Waals surface area contributed by atoms with Crippen molar-refractivity contribution in [3.63, 3.8) is 0 Å². The van der Waals surface area contributed by atoms with Gasteiger partial charge in [0.05, 0.1) is 10.5 Å². The molecule has 0 bridgehead atoms. The second-order valence-electron chi connectivity index (χ2n) is 5.54. The van der Waals surface area contributed by atoms with Crippen LogP contribution in [-0.2, 0) is 17.4 Å². The molecule has 0 aliphatic heterocycles. The van der Waals surface area contributed by atoms with Crippen molar-refractivity contribution < 1.29 is 22.9 Å². The Kier molecular flexibility index (Phi) is 5.81. The number of halogens is 3. The van der Waals surface area contributed by atoms with Crippen molar-refractivity contribution in [1.29, 1.82) is 0 Å². The molecule has 0 spiro atoms. The van der Waals surface area contributed by atoms with Gasteiger partial charge in [-0.25, -0.2) is 0 Å². The minimum absolute atomic E-state index is 0.197. The average Bonchev–Trinajstić information content (AvgIpc) is 2.55. The molecule has 0 saturated heterocycles. The van der Waals surface area contributed by atoms with Crippen LogP contribution in [0.25, 0.3) is 0 Å². The fourth-order valence-corrected chi connectivity index (χ4v) is 2.33. The molecule has 2 aromatic rings. The molecular formula is C17H16F3N3O3. The van der Waals surface area contributed by atoms with E-state index in [0.29, 0.717) is 18.2 Å². The molecule has 1 amide bonds. The Bertz CT molecular complexity index is 805. The Morgan fingerprint density at radius 2 is 1.81 bits per heavy atom. The predicted octanol–water partition coefficient (Wildman–Crippen LogP) is 4.23. The van der Waals surface area contributed by atoms with Gasteiger partial charge in [0.2, 0.25) is 5.91 Å². The third kappa shape index (κ3) is 5.20. The van der Waals surface area contributed by atoms with Crippen molar-refractivity contribution in [1.82, 2.24) is 0 Å². The van der Waals surface area contributed by atoms with Crippen molar-refractivity contribution >= 4 is 23.0 Å². The second kappa shape index (κ2) is 7.85. The molecule has 26 heavy (non-hydrogen) atoms. The first-order chi connectivity index (χ1) is 12.2. The van der Waals surface area contributed by atoms with E-state index in [1.165, 1.54) is 6.92 Å². The van der Waals surface area contributed by atoms with E-state index in [1.807, 2.05) is 0 Å². The lowest BCUT2D eigenvalue weighted by molar-refractivity contribution is -0.385. The summed E-state index contributed by atoms with van der Waals surface area (Å²) in [6.07, 6.45) is -4.26. The predicted molar refractivity (Wildman–Crippen MR) is 91.0 cm³/mol. The standard InChI is InChI=1S/C17H16F3N3O3/c1-11(24)22-13-4-2-12(3-5-13)8-9-21-16-7-6-14(23(25)26)10-15(16)17(18,19)20/h2-7,10,21H,8-9H2,1H3,(H,22,24). The summed E-state index contributed by atoms with van der Waals surface area (Å²) in [5, 5.41) is 16.0. The van der Waals surface area contributed by atoms with Gasteiger partial charge in [0, 0.05) is 37.0 Å². The maximum Gasteiger partial charge on any atom is 0.418 e. The summed E-state index contributed by atoms with van der Waals surface area (Å²) in [4.78, 5) is 20.8. The number of benzene rings is 2. The number of anilines is 2. The maximum absolute atomic E-state index is 13.1. The summed E-state index contributed by atoms with van der Waals surface area (Å²) >= 11 is 0. The van der Waals surface area contributed by atoms with Crippen LogP contribution in [0.2, 0.25) is 0 Å². The number of nitrogens with zero attached hydrogens (tertiary/aromatic N) is 1. The van der Waals surface area contributed by atoms with Crippen molar-refractivity contribution in [2.45, 2.75) is 19.5 Å². The lowest BCUT2D eigenvalue weighted by Crippen LogP contribution is -2.13. The highest BCUT2D eigenvalue weighted by Crippen LogP contribution is 2.37. The Morgan fingerprint density at radius 1 is 1.15 bits per heavy atom.